The number of nitrogens with one attached hydrogen (secondary N) is 1. The molecule has 0 fully saturated rings. The quantitative estimate of drug-likeness (QED) is 0.628. The fraction of sp³-hybridized carbons (Fsp3) is 0.538. The largest absolute Gasteiger partial charge is 0.362 e. The number of hydrogen-bond acceptors (Lipinski definition) is 5. The maximum absolute atomic E-state index is 11.0. The highest BCUT2D eigenvalue weighted by Crippen LogP contribution is 2.26. The number of nitriles is 1. The number of pyridine rings is 1. The number of nitro groups is 1. The van der Waals surface area contributed by atoms with Crippen molar-refractivity contribution in [2.75, 3.05) is 5.32 Å². The van der Waals surface area contributed by atoms with E-state index in [0.29, 0.717) is 5.92 Å². The zero-order valence-corrected chi connectivity index (χ0v) is 11.4. The monoisotopic (exact) mass is 262 g/mol. The van der Waals surface area contributed by atoms with Crippen molar-refractivity contribution in [3.63, 3.8) is 0 Å². The third kappa shape index (κ3) is 4.21. The van der Waals surface area contributed by atoms with Gasteiger partial charge in [-0.05, 0) is 31.7 Å². The lowest BCUT2D eigenvalue weighted by Gasteiger charge is -2.15. The minimum Gasteiger partial charge on any atom is -0.362 e. The Labute approximate surface area is 112 Å². The Kier molecular flexibility index (Phi) is 5.24. The van der Waals surface area contributed by atoms with Gasteiger partial charge < -0.3 is 5.32 Å². The van der Waals surface area contributed by atoms with Gasteiger partial charge in [-0.1, -0.05) is 13.8 Å². The van der Waals surface area contributed by atoms with Crippen LogP contribution in [0.15, 0.2) is 12.3 Å². The molecule has 0 spiro atoms. The Morgan fingerprint density at radius 3 is 2.68 bits per heavy atom. The summed E-state index contributed by atoms with van der Waals surface area (Å²) in [7, 11) is 0. The lowest BCUT2D eigenvalue weighted by Crippen LogP contribution is -2.18. The van der Waals surface area contributed by atoms with E-state index in [4.69, 9.17) is 5.26 Å². The second kappa shape index (κ2) is 6.69. The van der Waals surface area contributed by atoms with Gasteiger partial charge in [0.2, 0.25) is 5.82 Å². The summed E-state index contributed by atoms with van der Waals surface area (Å²) in [6.07, 6.45) is 3.33. The van der Waals surface area contributed by atoms with Gasteiger partial charge in [-0.3, -0.25) is 10.1 Å². The molecule has 1 rings (SSSR count). The van der Waals surface area contributed by atoms with Crippen LogP contribution in [0.4, 0.5) is 11.5 Å². The molecule has 6 nitrogen and oxygen atoms in total. The lowest BCUT2D eigenvalue weighted by molar-refractivity contribution is -0.384. The highest BCUT2D eigenvalue weighted by atomic mass is 16.6. The maximum atomic E-state index is 11.0. The minimum atomic E-state index is -0.566. The number of aromatic nitrogens is 1. The number of anilines is 1. The number of nitrogens with zero attached hydrogens (tertiary/aromatic N) is 3. The first-order chi connectivity index (χ1) is 8.95. The second-order valence-corrected chi connectivity index (χ2v) is 4.94. The molecule has 0 amide bonds. The van der Waals surface area contributed by atoms with Gasteiger partial charge in [0.1, 0.15) is 11.6 Å². The molecule has 0 saturated heterocycles. The molecule has 6 heteroatoms. The Balaban J connectivity index is 2.89. The fourth-order valence-electron chi connectivity index (χ4n) is 1.72. The third-order valence-electron chi connectivity index (χ3n) is 2.79. The van der Waals surface area contributed by atoms with Gasteiger partial charge in [0, 0.05) is 12.2 Å². The molecule has 19 heavy (non-hydrogen) atoms. The summed E-state index contributed by atoms with van der Waals surface area (Å²) in [6, 6.07) is 3.24. The van der Waals surface area contributed by atoms with E-state index in [1.54, 1.807) is 0 Å². The minimum absolute atomic E-state index is 0.0264. The standard InChI is InChI=1S/C13H18N4O2/c1-9(2)4-5-10(3)16-13-12(17(18)19)11(8-14)6-7-15-13/h6-7,9-10H,4-5H2,1-3H3,(H,15,16). The number of rotatable bonds is 6. The van der Waals surface area contributed by atoms with E-state index in [-0.39, 0.29) is 23.1 Å². The van der Waals surface area contributed by atoms with Crippen LogP contribution in [0, 0.1) is 27.4 Å². The van der Waals surface area contributed by atoms with E-state index >= 15 is 0 Å². The molecule has 0 aromatic carbocycles. The number of hydrogen-bond donors (Lipinski definition) is 1. The van der Waals surface area contributed by atoms with Crippen molar-refractivity contribution in [1.82, 2.24) is 4.98 Å². The molecule has 0 aliphatic carbocycles. The zero-order chi connectivity index (χ0) is 14.4. The van der Waals surface area contributed by atoms with E-state index in [0.717, 1.165) is 12.8 Å². The molecular formula is C13H18N4O2. The molecule has 1 aromatic rings. The van der Waals surface area contributed by atoms with Crippen LogP contribution in [0.3, 0.4) is 0 Å². The average Bonchev–Trinajstić information content (AvgIpc) is 2.35. The van der Waals surface area contributed by atoms with Gasteiger partial charge in [-0.15, -0.1) is 0 Å². The fourth-order valence-corrected chi connectivity index (χ4v) is 1.72. The van der Waals surface area contributed by atoms with Crippen LogP contribution in [-0.4, -0.2) is 15.9 Å². The third-order valence-corrected chi connectivity index (χ3v) is 2.79. The van der Waals surface area contributed by atoms with Crippen LogP contribution in [0.1, 0.15) is 39.2 Å². The van der Waals surface area contributed by atoms with Crippen molar-refractivity contribution < 1.29 is 4.92 Å². The van der Waals surface area contributed by atoms with Gasteiger partial charge in [0.05, 0.1) is 4.92 Å². The van der Waals surface area contributed by atoms with Crippen LogP contribution >= 0.6 is 0 Å². The summed E-state index contributed by atoms with van der Waals surface area (Å²) in [5.41, 5.74) is -0.222. The smallest absolute Gasteiger partial charge is 0.328 e. The summed E-state index contributed by atoms with van der Waals surface area (Å²) in [5.74, 6) is 0.748. The maximum Gasteiger partial charge on any atom is 0.328 e. The molecule has 1 aromatic heterocycles. The normalized spacial score (nSPS) is 11.9. The molecule has 0 bridgehead atoms. The van der Waals surface area contributed by atoms with Crippen molar-refractivity contribution in [1.29, 1.82) is 5.26 Å². The predicted molar refractivity (Wildman–Crippen MR) is 72.8 cm³/mol. The molecule has 1 heterocycles. The topological polar surface area (TPSA) is 91.8 Å². The highest BCUT2D eigenvalue weighted by Gasteiger charge is 2.22. The second-order valence-electron chi connectivity index (χ2n) is 4.94. The van der Waals surface area contributed by atoms with Crippen LogP contribution in [0.25, 0.3) is 0 Å². The summed E-state index contributed by atoms with van der Waals surface area (Å²) in [4.78, 5) is 14.4. The van der Waals surface area contributed by atoms with Crippen LogP contribution in [-0.2, 0) is 0 Å². The summed E-state index contributed by atoms with van der Waals surface area (Å²) in [5, 5.41) is 22.9. The van der Waals surface area contributed by atoms with Crippen LogP contribution in [0.5, 0.6) is 0 Å². The molecule has 1 N–H and O–H groups in total. The average molecular weight is 262 g/mol. The first-order valence-corrected chi connectivity index (χ1v) is 6.25. The van der Waals surface area contributed by atoms with Crippen LogP contribution in [0.2, 0.25) is 0 Å². The summed E-state index contributed by atoms with van der Waals surface area (Å²) in [6.45, 7) is 6.21. The van der Waals surface area contributed by atoms with E-state index in [1.165, 1.54) is 12.3 Å². The molecule has 0 aliphatic heterocycles. The Bertz CT molecular complexity index is 494. The highest BCUT2D eigenvalue weighted by molar-refractivity contribution is 5.64. The van der Waals surface area contributed by atoms with E-state index in [2.05, 4.69) is 24.1 Å². The molecule has 1 unspecified atom stereocenters. The molecular weight excluding hydrogens is 244 g/mol. The van der Waals surface area contributed by atoms with Gasteiger partial charge in [-0.25, -0.2) is 4.98 Å². The molecule has 1 atom stereocenters. The summed E-state index contributed by atoms with van der Waals surface area (Å²) >= 11 is 0. The molecule has 0 saturated carbocycles. The van der Waals surface area contributed by atoms with Crippen molar-refractivity contribution in [3.05, 3.63) is 27.9 Å². The first-order valence-electron chi connectivity index (χ1n) is 6.25. The van der Waals surface area contributed by atoms with Crippen molar-refractivity contribution >= 4 is 11.5 Å². The SMILES string of the molecule is CC(C)CCC(C)Nc1nccc(C#N)c1[N+](=O)[O-]. The Hall–Kier alpha value is -2.16. The predicted octanol–water partition coefficient (Wildman–Crippen LogP) is 3.10. The molecule has 102 valence electrons. The van der Waals surface area contributed by atoms with Crippen molar-refractivity contribution in [2.24, 2.45) is 5.92 Å². The van der Waals surface area contributed by atoms with Gasteiger partial charge in [0.15, 0.2) is 0 Å². The van der Waals surface area contributed by atoms with E-state index in [1.807, 2.05) is 13.0 Å². The molecule has 0 radical (unpaired) electrons. The Morgan fingerprint density at radius 2 is 2.16 bits per heavy atom. The van der Waals surface area contributed by atoms with E-state index in [9.17, 15) is 10.1 Å². The van der Waals surface area contributed by atoms with E-state index < -0.39 is 4.92 Å². The van der Waals surface area contributed by atoms with Crippen LogP contribution < -0.4 is 5.32 Å². The van der Waals surface area contributed by atoms with Crippen molar-refractivity contribution in [2.45, 2.75) is 39.7 Å². The van der Waals surface area contributed by atoms with Gasteiger partial charge in [-0.2, -0.15) is 5.26 Å². The van der Waals surface area contributed by atoms with Gasteiger partial charge in [0.25, 0.3) is 0 Å². The first kappa shape index (κ1) is 14.9. The Morgan fingerprint density at radius 1 is 1.47 bits per heavy atom. The molecule has 0 aliphatic rings. The summed E-state index contributed by atoms with van der Waals surface area (Å²) < 4.78 is 0. The zero-order valence-electron chi connectivity index (χ0n) is 11.4. The van der Waals surface area contributed by atoms with Crippen molar-refractivity contribution in [3.8, 4) is 6.07 Å². The van der Waals surface area contributed by atoms with Gasteiger partial charge >= 0.3 is 5.69 Å². The lowest BCUT2D eigenvalue weighted by atomic mass is 10.0.